The van der Waals surface area contributed by atoms with Gasteiger partial charge in [0.15, 0.2) is 0 Å². The molecule has 2 heterocycles. The summed E-state index contributed by atoms with van der Waals surface area (Å²) in [4.78, 5) is 6.90. The van der Waals surface area contributed by atoms with Gasteiger partial charge in [0.2, 0.25) is 0 Å². The van der Waals surface area contributed by atoms with E-state index in [-0.39, 0.29) is 0 Å². The van der Waals surface area contributed by atoms with Gasteiger partial charge in [-0.15, -0.1) is 0 Å². The lowest BCUT2D eigenvalue weighted by atomic mass is 9.97. The van der Waals surface area contributed by atoms with Crippen molar-refractivity contribution in [3.8, 4) is 6.07 Å². The predicted octanol–water partition coefficient (Wildman–Crippen LogP) is 1.92. The second-order valence-electron chi connectivity index (χ2n) is 5.59. The summed E-state index contributed by atoms with van der Waals surface area (Å²) >= 11 is 0. The zero-order valence-corrected chi connectivity index (χ0v) is 11.2. The van der Waals surface area contributed by atoms with E-state index in [2.05, 4.69) is 21.3 Å². The summed E-state index contributed by atoms with van der Waals surface area (Å²) in [7, 11) is 0. The monoisotopic (exact) mass is 256 g/mol. The predicted molar refractivity (Wildman–Crippen MR) is 74.9 cm³/mol. The Bertz CT molecular complexity index is 469. The van der Waals surface area contributed by atoms with Gasteiger partial charge in [0, 0.05) is 18.8 Å². The van der Waals surface area contributed by atoms with Crippen LogP contribution in [0.2, 0.25) is 0 Å². The zero-order chi connectivity index (χ0) is 13.1. The van der Waals surface area contributed by atoms with Crippen LogP contribution in [0.15, 0.2) is 18.3 Å². The van der Waals surface area contributed by atoms with Crippen LogP contribution in [0.4, 0.5) is 5.82 Å². The maximum atomic E-state index is 9.01. The molecule has 1 aromatic rings. The molecule has 3 rings (SSSR count). The molecule has 4 nitrogen and oxygen atoms in total. The van der Waals surface area contributed by atoms with Gasteiger partial charge in [-0.2, -0.15) is 5.26 Å². The van der Waals surface area contributed by atoms with Crippen LogP contribution in [-0.2, 0) is 0 Å². The topological polar surface area (TPSA) is 52.0 Å². The van der Waals surface area contributed by atoms with Crippen molar-refractivity contribution in [2.45, 2.75) is 31.7 Å². The smallest absolute Gasteiger partial charge is 0.130 e. The first-order chi connectivity index (χ1) is 9.36. The molecule has 0 atom stereocenters. The van der Waals surface area contributed by atoms with E-state index >= 15 is 0 Å². The molecule has 1 saturated heterocycles. The molecule has 4 heteroatoms. The lowest BCUT2D eigenvalue weighted by molar-refractivity contribution is 0.372. The summed E-state index contributed by atoms with van der Waals surface area (Å²) in [6.45, 7) is 3.36. The van der Waals surface area contributed by atoms with Crippen LogP contribution in [0.5, 0.6) is 0 Å². The molecule has 1 aliphatic carbocycles. The second-order valence-corrected chi connectivity index (χ2v) is 5.59. The van der Waals surface area contributed by atoms with E-state index in [1.165, 1.54) is 25.7 Å². The third kappa shape index (κ3) is 3.05. The van der Waals surface area contributed by atoms with Gasteiger partial charge >= 0.3 is 0 Å². The molecular formula is C15H20N4. The summed E-state index contributed by atoms with van der Waals surface area (Å²) in [5, 5.41) is 12.4. The van der Waals surface area contributed by atoms with Gasteiger partial charge in [0.25, 0.3) is 0 Å². The second kappa shape index (κ2) is 5.58. The molecule has 2 aliphatic rings. The Morgan fingerprint density at radius 3 is 2.79 bits per heavy atom. The number of hydrogen-bond acceptors (Lipinski definition) is 4. The van der Waals surface area contributed by atoms with E-state index in [9.17, 15) is 0 Å². The van der Waals surface area contributed by atoms with Gasteiger partial charge < -0.3 is 10.2 Å². The summed E-state index contributed by atoms with van der Waals surface area (Å²) in [5.41, 5.74) is 0.709. The number of hydrogen-bond donors (Lipinski definition) is 1. The molecular weight excluding hydrogens is 236 g/mol. The van der Waals surface area contributed by atoms with E-state index in [0.29, 0.717) is 11.6 Å². The van der Waals surface area contributed by atoms with E-state index in [0.717, 1.165) is 31.4 Å². The van der Waals surface area contributed by atoms with Crippen molar-refractivity contribution in [2.24, 2.45) is 5.92 Å². The number of rotatable bonds is 4. The highest BCUT2D eigenvalue weighted by atomic mass is 15.2. The molecule has 1 N–H and O–H groups in total. The van der Waals surface area contributed by atoms with E-state index in [1.54, 1.807) is 12.3 Å². The zero-order valence-electron chi connectivity index (χ0n) is 11.2. The number of aromatic nitrogens is 1. The van der Waals surface area contributed by atoms with E-state index in [4.69, 9.17) is 5.26 Å². The molecule has 0 radical (unpaired) electrons. The Morgan fingerprint density at radius 1 is 1.32 bits per heavy atom. The molecule has 2 fully saturated rings. The number of anilines is 1. The highest BCUT2D eigenvalue weighted by Crippen LogP contribution is 2.32. The maximum absolute atomic E-state index is 9.01. The summed E-state index contributed by atoms with van der Waals surface area (Å²) in [6.07, 6.45) is 6.79. The van der Waals surface area contributed by atoms with Crippen molar-refractivity contribution in [3.63, 3.8) is 0 Å². The summed E-state index contributed by atoms with van der Waals surface area (Å²) in [6, 6.07) is 6.56. The Hall–Kier alpha value is -1.60. The summed E-state index contributed by atoms with van der Waals surface area (Å²) < 4.78 is 0. The fourth-order valence-electron chi connectivity index (χ4n) is 2.80. The molecule has 1 aromatic heterocycles. The van der Waals surface area contributed by atoms with Crippen molar-refractivity contribution in [3.05, 3.63) is 23.9 Å². The van der Waals surface area contributed by atoms with Crippen molar-refractivity contribution in [1.29, 1.82) is 5.26 Å². The van der Waals surface area contributed by atoms with Gasteiger partial charge in [-0.1, -0.05) is 0 Å². The van der Waals surface area contributed by atoms with Crippen molar-refractivity contribution >= 4 is 5.82 Å². The van der Waals surface area contributed by atoms with Gasteiger partial charge in [-0.3, -0.25) is 0 Å². The molecule has 0 unspecified atom stereocenters. The van der Waals surface area contributed by atoms with Gasteiger partial charge in [-0.25, -0.2) is 4.98 Å². The largest absolute Gasteiger partial charge is 0.353 e. The first kappa shape index (κ1) is 12.4. The highest BCUT2D eigenvalue weighted by Gasteiger charge is 2.32. The fourth-order valence-corrected chi connectivity index (χ4v) is 2.80. The SMILES string of the molecule is N#Cc1ccnc(N(CC2CCNCC2)C2CC2)c1. The number of piperidine rings is 1. The Kier molecular flexibility index (Phi) is 3.65. The van der Waals surface area contributed by atoms with Crippen LogP contribution in [0.1, 0.15) is 31.2 Å². The highest BCUT2D eigenvalue weighted by molar-refractivity contribution is 5.46. The minimum atomic E-state index is 0.649. The Labute approximate surface area is 114 Å². The first-order valence-electron chi connectivity index (χ1n) is 7.20. The van der Waals surface area contributed by atoms with Crippen LogP contribution in [0, 0.1) is 17.2 Å². The van der Waals surface area contributed by atoms with Crippen LogP contribution < -0.4 is 10.2 Å². The molecule has 0 bridgehead atoms. The third-order valence-corrected chi connectivity index (χ3v) is 4.07. The Balaban J connectivity index is 1.74. The molecule has 0 amide bonds. The molecule has 0 aromatic carbocycles. The first-order valence-corrected chi connectivity index (χ1v) is 7.20. The van der Waals surface area contributed by atoms with Gasteiger partial charge in [-0.05, 0) is 56.8 Å². The average molecular weight is 256 g/mol. The average Bonchev–Trinajstić information content (AvgIpc) is 3.30. The standard InChI is InChI=1S/C15H20N4/c16-10-13-5-8-18-15(9-13)19(14-1-2-14)11-12-3-6-17-7-4-12/h5,8-9,12,14,17H,1-4,6-7,11H2. The fraction of sp³-hybridized carbons (Fsp3) is 0.600. The van der Waals surface area contributed by atoms with Crippen LogP contribution >= 0.6 is 0 Å². The maximum Gasteiger partial charge on any atom is 0.130 e. The molecule has 19 heavy (non-hydrogen) atoms. The number of nitrogens with one attached hydrogen (secondary N) is 1. The number of nitrogens with zero attached hydrogens (tertiary/aromatic N) is 3. The van der Waals surface area contributed by atoms with Crippen molar-refractivity contribution in [1.82, 2.24) is 10.3 Å². The molecule has 0 spiro atoms. The van der Waals surface area contributed by atoms with Crippen LogP contribution in [-0.4, -0.2) is 30.7 Å². The minimum Gasteiger partial charge on any atom is -0.353 e. The normalized spacial score (nSPS) is 19.9. The summed E-state index contributed by atoms with van der Waals surface area (Å²) in [5.74, 6) is 1.74. The lowest BCUT2D eigenvalue weighted by Gasteiger charge is -2.31. The minimum absolute atomic E-state index is 0.649. The van der Waals surface area contributed by atoms with Gasteiger partial charge in [0.1, 0.15) is 5.82 Å². The molecule has 1 saturated carbocycles. The molecule has 1 aliphatic heterocycles. The van der Waals surface area contributed by atoms with Crippen molar-refractivity contribution < 1.29 is 0 Å². The van der Waals surface area contributed by atoms with Gasteiger partial charge in [0.05, 0.1) is 11.6 Å². The number of nitriles is 1. The van der Waals surface area contributed by atoms with Crippen LogP contribution in [0.25, 0.3) is 0 Å². The lowest BCUT2D eigenvalue weighted by Crippen LogP contribution is -2.37. The van der Waals surface area contributed by atoms with E-state index in [1.807, 2.05) is 6.07 Å². The van der Waals surface area contributed by atoms with E-state index < -0.39 is 0 Å². The Morgan fingerprint density at radius 2 is 2.11 bits per heavy atom. The van der Waals surface area contributed by atoms with Crippen molar-refractivity contribution in [2.75, 3.05) is 24.5 Å². The quantitative estimate of drug-likeness (QED) is 0.894. The number of pyridine rings is 1. The third-order valence-electron chi connectivity index (χ3n) is 4.07. The van der Waals surface area contributed by atoms with Crippen LogP contribution in [0.3, 0.4) is 0 Å². The molecule has 100 valence electrons.